The fourth-order valence-electron chi connectivity index (χ4n) is 2.71. The standard InChI is InChI=1S/C17H23N3O3S/c1-2-3-4-5-17(21)19-10-12-20(13-11-19)24(22,23)16-8-6-15(14-18)7-9-16/h6-9H,2-5,10-13H2,1H3. The van der Waals surface area contributed by atoms with Crippen LogP contribution in [0.5, 0.6) is 0 Å². The second-order valence-corrected chi connectivity index (χ2v) is 7.82. The quantitative estimate of drug-likeness (QED) is 0.735. The van der Waals surface area contributed by atoms with Gasteiger partial charge >= 0.3 is 0 Å². The minimum atomic E-state index is -3.57. The lowest BCUT2D eigenvalue weighted by Crippen LogP contribution is -2.50. The highest BCUT2D eigenvalue weighted by Crippen LogP contribution is 2.18. The van der Waals surface area contributed by atoms with Gasteiger partial charge in [-0.3, -0.25) is 4.79 Å². The smallest absolute Gasteiger partial charge is 0.243 e. The fraction of sp³-hybridized carbons (Fsp3) is 0.529. The normalized spacial score (nSPS) is 15.9. The molecule has 0 radical (unpaired) electrons. The molecule has 130 valence electrons. The molecule has 1 saturated heterocycles. The fourth-order valence-corrected chi connectivity index (χ4v) is 4.13. The van der Waals surface area contributed by atoms with E-state index in [1.54, 1.807) is 4.90 Å². The number of nitriles is 1. The summed E-state index contributed by atoms with van der Waals surface area (Å²) in [4.78, 5) is 14.0. The molecule has 1 aromatic rings. The molecule has 1 aromatic carbocycles. The molecule has 1 aliphatic heterocycles. The molecule has 0 atom stereocenters. The van der Waals surface area contributed by atoms with Crippen molar-refractivity contribution < 1.29 is 13.2 Å². The van der Waals surface area contributed by atoms with E-state index >= 15 is 0 Å². The number of hydrogen-bond acceptors (Lipinski definition) is 4. The van der Waals surface area contributed by atoms with Crippen molar-refractivity contribution in [3.63, 3.8) is 0 Å². The Bertz CT molecular complexity index is 700. The third-order valence-electron chi connectivity index (χ3n) is 4.21. The number of carbonyl (C=O) groups is 1. The Morgan fingerprint density at radius 2 is 1.75 bits per heavy atom. The van der Waals surface area contributed by atoms with Crippen LogP contribution in [0.1, 0.15) is 38.2 Å². The molecule has 24 heavy (non-hydrogen) atoms. The number of benzene rings is 1. The van der Waals surface area contributed by atoms with Crippen molar-refractivity contribution in [3.05, 3.63) is 29.8 Å². The molecule has 0 aliphatic carbocycles. The number of hydrogen-bond donors (Lipinski definition) is 0. The monoisotopic (exact) mass is 349 g/mol. The van der Waals surface area contributed by atoms with Crippen molar-refractivity contribution in [1.29, 1.82) is 5.26 Å². The van der Waals surface area contributed by atoms with E-state index in [0.29, 0.717) is 38.2 Å². The van der Waals surface area contributed by atoms with Crippen LogP contribution in [0.2, 0.25) is 0 Å². The molecule has 1 fully saturated rings. The number of sulfonamides is 1. The predicted octanol–water partition coefficient (Wildman–Crippen LogP) is 1.97. The van der Waals surface area contributed by atoms with E-state index in [9.17, 15) is 13.2 Å². The SMILES string of the molecule is CCCCCC(=O)N1CCN(S(=O)(=O)c2ccc(C#N)cc2)CC1. The number of rotatable bonds is 6. The summed E-state index contributed by atoms with van der Waals surface area (Å²) in [6, 6.07) is 7.88. The van der Waals surface area contributed by atoms with E-state index < -0.39 is 10.0 Å². The third kappa shape index (κ3) is 4.34. The Labute approximate surface area is 143 Å². The third-order valence-corrected chi connectivity index (χ3v) is 6.12. The van der Waals surface area contributed by atoms with Gasteiger partial charge in [-0.15, -0.1) is 0 Å². The molecule has 7 heteroatoms. The number of carbonyl (C=O) groups excluding carboxylic acids is 1. The first-order chi connectivity index (χ1) is 11.5. The molecule has 0 N–H and O–H groups in total. The van der Waals surface area contributed by atoms with Crippen LogP contribution in [0.15, 0.2) is 29.2 Å². The molecule has 0 unspecified atom stereocenters. The summed E-state index contributed by atoms with van der Waals surface area (Å²) >= 11 is 0. The summed E-state index contributed by atoms with van der Waals surface area (Å²) in [5.74, 6) is 0.110. The van der Waals surface area contributed by atoms with Crippen molar-refractivity contribution in [2.75, 3.05) is 26.2 Å². The van der Waals surface area contributed by atoms with Gasteiger partial charge < -0.3 is 4.90 Å². The Morgan fingerprint density at radius 1 is 1.12 bits per heavy atom. The van der Waals surface area contributed by atoms with Crippen LogP contribution in [0.3, 0.4) is 0 Å². The zero-order valence-corrected chi connectivity index (χ0v) is 14.8. The molecule has 0 spiro atoms. The average molecular weight is 349 g/mol. The van der Waals surface area contributed by atoms with Crippen LogP contribution >= 0.6 is 0 Å². The maximum atomic E-state index is 12.6. The second-order valence-electron chi connectivity index (χ2n) is 5.88. The van der Waals surface area contributed by atoms with Gasteiger partial charge in [-0.2, -0.15) is 9.57 Å². The lowest BCUT2D eigenvalue weighted by atomic mass is 10.2. The van der Waals surface area contributed by atoms with Gasteiger partial charge in [-0.25, -0.2) is 8.42 Å². The number of nitrogens with zero attached hydrogens (tertiary/aromatic N) is 3. The molecule has 1 aliphatic rings. The van der Waals surface area contributed by atoms with Gasteiger partial charge in [-0.05, 0) is 30.7 Å². The van der Waals surface area contributed by atoms with Crippen LogP contribution in [0, 0.1) is 11.3 Å². The Balaban J connectivity index is 1.95. The number of piperazine rings is 1. The highest BCUT2D eigenvalue weighted by Gasteiger charge is 2.29. The molecular weight excluding hydrogens is 326 g/mol. The van der Waals surface area contributed by atoms with Crippen LogP contribution in [-0.2, 0) is 14.8 Å². The highest BCUT2D eigenvalue weighted by molar-refractivity contribution is 7.89. The summed E-state index contributed by atoms with van der Waals surface area (Å²) in [6.45, 7) is 3.57. The highest BCUT2D eigenvalue weighted by atomic mass is 32.2. The van der Waals surface area contributed by atoms with Crippen molar-refractivity contribution in [3.8, 4) is 6.07 Å². The average Bonchev–Trinajstić information content (AvgIpc) is 2.62. The molecule has 6 nitrogen and oxygen atoms in total. The van der Waals surface area contributed by atoms with Gasteiger partial charge in [0.15, 0.2) is 0 Å². The van der Waals surface area contributed by atoms with Gasteiger partial charge in [0.2, 0.25) is 15.9 Å². The van der Waals surface area contributed by atoms with Crippen LogP contribution in [0.4, 0.5) is 0 Å². The first-order valence-electron chi connectivity index (χ1n) is 8.27. The van der Waals surface area contributed by atoms with Crippen LogP contribution in [-0.4, -0.2) is 49.7 Å². The topological polar surface area (TPSA) is 81.5 Å². The largest absolute Gasteiger partial charge is 0.340 e. The number of amides is 1. The van der Waals surface area contributed by atoms with Gasteiger partial charge in [-0.1, -0.05) is 19.8 Å². The second kappa shape index (κ2) is 8.27. The molecule has 1 heterocycles. The Kier molecular flexibility index (Phi) is 6.35. The Morgan fingerprint density at radius 3 is 2.29 bits per heavy atom. The molecule has 0 aromatic heterocycles. The first-order valence-corrected chi connectivity index (χ1v) is 9.71. The molecular formula is C17H23N3O3S. The van der Waals surface area contributed by atoms with Gasteiger partial charge in [0.1, 0.15) is 0 Å². The maximum Gasteiger partial charge on any atom is 0.243 e. The minimum absolute atomic E-state index is 0.110. The van der Waals surface area contributed by atoms with E-state index in [-0.39, 0.29) is 10.8 Å². The summed E-state index contributed by atoms with van der Waals surface area (Å²) in [5.41, 5.74) is 0.427. The summed E-state index contributed by atoms with van der Waals surface area (Å²) in [6.07, 6.45) is 3.54. The van der Waals surface area contributed by atoms with E-state index in [1.807, 2.05) is 6.07 Å². The lowest BCUT2D eigenvalue weighted by Gasteiger charge is -2.34. The van der Waals surface area contributed by atoms with E-state index in [1.165, 1.54) is 28.6 Å². The van der Waals surface area contributed by atoms with E-state index in [0.717, 1.165) is 19.3 Å². The molecule has 1 amide bonds. The van der Waals surface area contributed by atoms with Crippen molar-refractivity contribution in [2.45, 2.75) is 37.5 Å². The summed E-state index contributed by atoms with van der Waals surface area (Å²) in [7, 11) is -3.57. The molecule has 2 rings (SSSR count). The van der Waals surface area contributed by atoms with Crippen molar-refractivity contribution in [2.24, 2.45) is 0 Å². The molecule has 0 bridgehead atoms. The van der Waals surface area contributed by atoms with Crippen LogP contribution in [0.25, 0.3) is 0 Å². The van der Waals surface area contributed by atoms with Gasteiger partial charge in [0.05, 0.1) is 16.5 Å². The zero-order valence-electron chi connectivity index (χ0n) is 13.9. The van der Waals surface area contributed by atoms with Crippen molar-refractivity contribution in [1.82, 2.24) is 9.21 Å². The van der Waals surface area contributed by atoms with Crippen molar-refractivity contribution >= 4 is 15.9 Å². The zero-order chi connectivity index (χ0) is 17.6. The lowest BCUT2D eigenvalue weighted by molar-refractivity contribution is -0.132. The summed E-state index contributed by atoms with van der Waals surface area (Å²) in [5, 5.41) is 8.79. The first kappa shape index (κ1) is 18.4. The van der Waals surface area contributed by atoms with Gasteiger partial charge in [0.25, 0.3) is 0 Å². The molecule has 0 saturated carbocycles. The maximum absolute atomic E-state index is 12.6. The van der Waals surface area contributed by atoms with E-state index in [4.69, 9.17) is 5.26 Å². The Hall–Kier alpha value is -1.91. The summed E-state index contributed by atoms with van der Waals surface area (Å²) < 4.78 is 26.6. The van der Waals surface area contributed by atoms with Crippen LogP contribution < -0.4 is 0 Å². The number of unbranched alkanes of at least 4 members (excludes halogenated alkanes) is 2. The van der Waals surface area contributed by atoms with E-state index in [2.05, 4.69) is 6.92 Å². The predicted molar refractivity (Wildman–Crippen MR) is 90.6 cm³/mol. The minimum Gasteiger partial charge on any atom is -0.340 e. The van der Waals surface area contributed by atoms with Gasteiger partial charge in [0, 0.05) is 32.6 Å².